The summed E-state index contributed by atoms with van der Waals surface area (Å²) in [5.41, 5.74) is 8.39. The lowest BCUT2D eigenvalue weighted by Gasteiger charge is -2.07. The average Bonchev–Trinajstić information content (AvgIpc) is 2.39. The van der Waals surface area contributed by atoms with Crippen LogP contribution in [0.2, 0.25) is 0 Å². The Morgan fingerprint density at radius 3 is 2.29 bits per heavy atom. The van der Waals surface area contributed by atoms with Gasteiger partial charge in [-0.1, -0.05) is 42.5 Å². The summed E-state index contributed by atoms with van der Waals surface area (Å²) >= 11 is 0. The van der Waals surface area contributed by atoms with Crippen molar-refractivity contribution in [2.45, 2.75) is 6.61 Å². The molecule has 0 saturated heterocycles. The summed E-state index contributed by atoms with van der Waals surface area (Å²) in [6, 6.07) is 14.6. The first-order valence-corrected chi connectivity index (χ1v) is 5.31. The van der Waals surface area contributed by atoms with Gasteiger partial charge in [-0.05, 0) is 22.8 Å². The van der Waals surface area contributed by atoms with Crippen LogP contribution in [0.15, 0.2) is 48.5 Å². The Bertz CT molecular complexity index is 532. The predicted octanol–water partition coefficient (Wildman–Crippen LogP) is 1.94. The van der Waals surface area contributed by atoms with E-state index in [0.29, 0.717) is 5.56 Å². The minimum atomic E-state index is -0.438. The maximum Gasteiger partial charge on any atom is 0.249 e. The number of rotatable bonds is 3. The molecule has 2 aromatic carbocycles. The number of primary amides is 1. The van der Waals surface area contributed by atoms with Gasteiger partial charge in [0.15, 0.2) is 0 Å². The van der Waals surface area contributed by atoms with Gasteiger partial charge in [0.2, 0.25) is 5.91 Å². The first-order chi connectivity index (χ1) is 8.22. The number of hydrogen-bond acceptors (Lipinski definition) is 2. The number of amides is 1. The summed E-state index contributed by atoms with van der Waals surface area (Å²) < 4.78 is 0. The van der Waals surface area contributed by atoms with E-state index in [0.717, 1.165) is 16.7 Å². The maximum atomic E-state index is 11.3. The zero-order chi connectivity index (χ0) is 12.3. The minimum Gasteiger partial charge on any atom is -0.392 e. The molecule has 0 aliphatic rings. The van der Waals surface area contributed by atoms with Crippen LogP contribution in [0.25, 0.3) is 11.1 Å². The first kappa shape index (κ1) is 11.4. The number of carbonyl (C=O) groups excluding carboxylic acids is 1. The highest BCUT2D eigenvalue weighted by Crippen LogP contribution is 2.23. The van der Waals surface area contributed by atoms with E-state index in [1.807, 2.05) is 36.4 Å². The number of hydrogen-bond donors (Lipinski definition) is 2. The van der Waals surface area contributed by atoms with E-state index in [1.165, 1.54) is 0 Å². The van der Waals surface area contributed by atoms with Gasteiger partial charge in [0, 0.05) is 5.56 Å². The second kappa shape index (κ2) is 4.80. The highest BCUT2D eigenvalue weighted by Gasteiger charge is 2.08. The summed E-state index contributed by atoms with van der Waals surface area (Å²) in [6.45, 7) is 0.0117. The smallest absolute Gasteiger partial charge is 0.249 e. The van der Waals surface area contributed by atoms with Crippen molar-refractivity contribution in [3.8, 4) is 11.1 Å². The van der Waals surface area contributed by atoms with Crippen LogP contribution in [0.1, 0.15) is 15.9 Å². The number of carbonyl (C=O) groups is 1. The second-order valence-electron chi connectivity index (χ2n) is 3.76. The number of benzene rings is 2. The summed E-state index contributed by atoms with van der Waals surface area (Å²) in [7, 11) is 0. The third-order valence-corrected chi connectivity index (χ3v) is 2.64. The van der Waals surface area contributed by atoms with Crippen molar-refractivity contribution in [2.75, 3.05) is 0 Å². The van der Waals surface area contributed by atoms with Crippen molar-refractivity contribution in [3.63, 3.8) is 0 Å². The highest BCUT2D eigenvalue weighted by atomic mass is 16.3. The molecule has 17 heavy (non-hydrogen) atoms. The Balaban J connectivity index is 2.48. The summed E-state index contributed by atoms with van der Waals surface area (Å²) in [5.74, 6) is -0.438. The fraction of sp³-hybridized carbons (Fsp3) is 0.0714. The van der Waals surface area contributed by atoms with E-state index >= 15 is 0 Å². The van der Waals surface area contributed by atoms with Crippen LogP contribution in [-0.2, 0) is 6.61 Å². The molecule has 0 fully saturated rings. The third kappa shape index (κ3) is 2.34. The molecule has 0 radical (unpaired) electrons. The van der Waals surface area contributed by atoms with Gasteiger partial charge in [-0.2, -0.15) is 0 Å². The Morgan fingerprint density at radius 1 is 1.06 bits per heavy atom. The molecule has 2 aromatic rings. The van der Waals surface area contributed by atoms with Gasteiger partial charge < -0.3 is 10.8 Å². The van der Waals surface area contributed by atoms with Gasteiger partial charge in [-0.15, -0.1) is 0 Å². The number of nitrogens with two attached hydrogens (primary N) is 1. The lowest BCUT2D eigenvalue weighted by molar-refractivity contribution is 0.100. The van der Waals surface area contributed by atoms with Crippen LogP contribution in [-0.4, -0.2) is 11.0 Å². The predicted molar refractivity (Wildman–Crippen MR) is 66.3 cm³/mol. The van der Waals surface area contributed by atoms with Gasteiger partial charge in [0.25, 0.3) is 0 Å². The molecular formula is C14H13NO2. The van der Waals surface area contributed by atoms with Crippen LogP contribution in [0.4, 0.5) is 0 Å². The van der Waals surface area contributed by atoms with Crippen LogP contribution < -0.4 is 5.73 Å². The molecule has 3 nitrogen and oxygen atoms in total. The van der Waals surface area contributed by atoms with Gasteiger partial charge in [0.05, 0.1) is 6.61 Å². The molecule has 0 aliphatic carbocycles. The molecule has 3 N–H and O–H groups in total. The maximum absolute atomic E-state index is 11.3. The monoisotopic (exact) mass is 227 g/mol. The molecular weight excluding hydrogens is 214 g/mol. The second-order valence-corrected chi connectivity index (χ2v) is 3.76. The number of aliphatic hydroxyl groups is 1. The fourth-order valence-corrected chi connectivity index (χ4v) is 1.74. The van der Waals surface area contributed by atoms with Crippen LogP contribution in [0, 0.1) is 0 Å². The SMILES string of the molecule is NC(=O)c1ccccc1-c1ccc(CO)cc1. The first-order valence-electron chi connectivity index (χ1n) is 5.31. The normalized spacial score (nSPS) is 10.2. The minimum absolute atomic E-state index is 0.0117. The van der Waals surface area contributed by atoms with Crippen LogP contribution >= 0.6 is 0 Å². The Labute approximate surface area is 99.5 Å². The molecule has 0 aromatic heterocycles. The van der Waals surface area contributed by atoms with Crippen molar-refractivity contribution in [1.29, 1.82) is 0 Å². The molecule has 0 saturated carbocycles. The van der Waals surface area contributed by atoms with Gasteiger partial charge in [0.1, 0.15) is 0 Å². The van der Waals surface area contributed by atoms with E-state index in [2.05, 4.69) is 0 Å². The Hall–Kier alpha value is -2.13. The lowest BCUT2D eigenvalue weighted by atomic mass is 9.98. The van der Waals surface area contributed by atoms with Crippen molar-refractivity contribution in [3.05, 3.63) is 59.7 Å². The molecule has 0 heterocycles. The van der Waals surface area contributed by atoms with Crippen molar-refractivity contribution >= 4 is 5.91 Å². The van der Waals surface area contributed by atoms with E-state index < -0.39 is 5.91 Å². The topological polar surface area (TPSA) is 63.3 Å². The van der Waals surface area contributed by atoms with Gasteiger partial charge in [-0.25, -0.2) is 0 Å². The highest BCUT2D eigenvalue weighted by molar-refractivity contribution is 5.99. The molecule has 0 bridgehead atoms. The number of aliphatic hydroxyl groups excluding tert-OH is 1. The summed E-state index contributed by atoms with van der Waals surface area (Å²) in [6.07, 6.45) is 0. The van der Waals surface area contributed by atoms with Crippen molar-refractivity contribution in [2.24, 2.45) is 5.73 Å². The third-order valence-electron chi connectivity index (χ3n) is 2.64. The molecule has 0 aliphatic heterocycles. The van der Waals surface area contributed by atoms with E-state index in [1.54, 1.807) is 12.1 Å². The van der Waals surface area contributed by atoms with Gasteiger partial charge >= 0.3 is 0 Å². The van der Waals surface area contributed by atoms with Crippen molar-refractivity contribution in [1.82, 2.24) is 0 Å². The Kier molecular flexibility index (Phi) is 3.21. The molecule has 1 amide bonds. The van der Waals surface area contributed by atoms with E-state index in [4.69, 9.17) is 10.8 Å². The zero-order valence-electron chi connectivity index (χ0n) is 9.26. The summed E-state index contributed by atoms with van der Waals surface area (Å²) in [4.78, 5) is 11.3. The molecule has 0 unspecified atom stereocenters. The Morgan fingerprint density at radius 2 is 1.71 bits per heavy atom. The average molecular weight is 227 g/mol. The van der Waals surface area contributed by atoms with Crippen LogP contribution in [0.3, 0.4) is 0 Å². The fourth-order valence-electron chi connectivity index (χ4n) is 1.74. The molecule has 3 heteroatoms. The zero-order valence-corrected chi connectivity index (χ0v) is 9.26. The van der Waals surface area contributed by atoms with Gasteiger partial charge in [-0.3, -0.25) is 4.79 Å². The molecule has 0 spiro atoms. The van der Waals surface area contributed by atoms with E-state index in [9.17, 15) is 4.79 Å². The summed E-state index contributed by atoms with van der Waals surface area (Å²) in [5, 5.41) is 8.97. The van der Waals surface area contributed by atoms with Crippen LogP contribution in [0.5, 0.6) is 0 Å². The molecule has 2 rings (SSSR count). The standard InChI is InChI=1S/C14H13NO2/c15-14(17)13-4-2-1-3-12(13)11-7-5-10(9-16)6-8-11/h1-8,16H,9H2,(H2,15,17). The quantitative estimate of drug-likeness (QED) is 0.841. The molecule has 0 atom stereocenters. The molecule has 86 valence electrons. The largest absolute Gasteiger partial charge is 0.392 e. The van der Waals surface area contributed by atoms with Crippen molar-refractivity contribution < 1.29 is 9.90 Å². The van der Waals surface area contributed by atoms with E-state index in [-0.39, 0.29) is 6.61 Å². The lowest BCUT2D eigenvalue weighted by Crippen LogP contribution is -2.12.